The average Bonchev–Trinajstić information content (AvgIpc) is 3.38. The van der Waals surface area contributed by atoms with E-state index in [9.17, 15) is 50.3 Å². The van der Waals surface area contributed by atoms with Crippen LogP contribution in [0.4, 0.5) is 37.7 Å². The van der Waals surface area contributed by atoms with Gasteiger partial charge in [-0.25, -0.2) is 10.9 Å². The topological polar surface area (TPSA) is 188 Å². The van der Waals surface area contributed by atoms with E-state index in [1.54, 1.807) is 48.5 Å². The van der Waals surface area contributed by atoms with Gasteiger partial charge in [0.25, 0.3) is 23.6 Å². The molecule has 0 fully saturated rings. The highest BCUT2D eigenvalue weighted by Gasteiger charge is 2.34. The minimum atomic E-state index is -4.66. The Morgan fingerprint density at radius 2 is 1.00 bits per heavy atom. The van der Waals surface area contributed by atoms with E-state index in [1.165, 1.54) is 55.5 Å². The number of amides is 4. The van der Waals surface area contributed by atoms with Gasteiger partial charge in [-0.3, -0.25) is 24.0 Å². The molecule has 4 amide bonds. The van der Waals surface area contributed by atoms with Crippen molar-refractivity contribution < 1.29 is 60.2 Å². The van der Waals surface area contributed by atoms with E-state index in [0.717, 1.165) is 36.7 Å². The number of aliphatic hydroxyl groups excluding tert-OH is 1. The molecule has 23 heteroatoms. The summed E-state index contributed by atoms with van der Waals surface area (Å²) in [7, 11) is 0. The van der Waals surface area contributed by atoms with E-state index in [1.807, 2.05) is 0 Å². The number of hydrogen-bond acceptors (Lipinski definition) is 9. The van der Waals surface area contributed by atoms with E-state index in [-0.39, 0.29) is 68.0 Å². The summed E-state index contributed by atoms with van der Waals surface area (Å²) in [5.41, 5.74) is 4.28. The fourth-order valence-corrected chi connectivity index (χ4v) is 7.05. The van der Waals surface area contributed by atoms with Crippen molar-refractivity contribution in [2.75, 3.05) is 23.8 Å². The summed E-state index contributed by atoms with van der Waals surface area (Å²) in [4.78, 5) is 62.0. The molecule has 6 aromatic carbocycles. The zero-order valence-corrected chi connectivity index (χ0v) is 42.6. The first-order valence-corrected chi connectivity index (χ1v) is 23.6. The highest BCUT2D eigenvalue weighted by Crippen LogP contribution is 2.36. The largest absolute Gasteiger partial charge is 0.465 e. The van der Waals surface area contributed by atoms with E-state index in [2.05, 4.69) is 55.4 Å². The number of carbonyl (C=O) groups is 5. The van der Waals surface area contributed by atoms with Crippen molar-refractivity contribution in [3.05, 3.63) is 197 Å². The number of nitrogens with zero attached hydrogens (tertiary/aromatic N) is 2. The first kappa shape index (κ1) is 59.7. The Bertz CT molecular complexity index is 3390. The zero-order chi connectivity index (χ0) is 56.3. The number of halogens is 10. The Labute approximate surface area is 455 Å². The molecule has 0 heterocycles. The van der Waals surface area contributed by atoms with Crippen LogP contribution in [-0.4, -0.2) is 60.3 Å². The van der Waals surface area contributed by atoms with Gasteiger partial charge >= 0.3 is 18.3 Å². The molecule has 6 rings (SSSR count). The third-order valence-electron chi connectivity index (χ3n) is 9.78. The van der Waals surface area contributed by atoms with Gasteiger partial charge in [0.05, 0.1) is 62.7 Å². The molecular formula is C54H38Cl4F6N6O7. The van der Waals surface area contributed by atoms with Crippen LogP contribution < -0.4 is 21.5 Å². The number of nitrogens with one attached hydrogen (secondary N) is 4. The molecule has 5 N–H and O–H groups in total. The molecule has 0 aromatic heterocycles. The average molecular weight is 1140 g/mol. The molecule has 77 heavy (non-hydrogen) atoms. The quantitative estimate of drug-likeness (QED) is 0.0190. The molecule has 0 aliphatic heterocycles. The van der Waals surface area contributed by atoms with Crippen LogP contribution in [0.3, 0.4) is 0 Å². The molecule has 6 aromatic rings. The van der Waals surface area contributed by atoms with Crippen LogP contribution >= 0.6 is 46.4 Å². The number of rotatable bonds is 13. The lowest BCUT2D eigenvalue weighted by atomic mass is 10.1. The number of ether oxygens (including phenoxy) is 1. The second-order valence-corrected chi connectivity index (χ2v) is 17.2. The molecule has 0 atom stereocenters. The monoisotopic (exact) mass is 1140 g/mol. The van der Waals surface area contributed by atoms with Gasteiger partial charge in [0, 0.05) is 52.1 Å². The second-order valence-electron chi connectivity index (χ2n) is 15.5. The SMILES string of the molecule is CC(=O)OCCC#Cc1cccc(C(=O)Nc2ccc(Cl)cc2C(=O)N/N=C/c2ccc(Cl)c(C(F)(F)F)c2)c1.O=C(Nc1ccc(Cl)cc1C(=O)N/N=C/c1ccc(Cl)c(C(F)(F)F)c1)c1cccc(C#CCCO)c1. The number of alkyl halides is 6. The highest BCUT2D eigenvalue weighted by molar-refractivity contribution is 6.32. The summed E-state index contributed by atoms with van der Waals surface area (Å²) in [6, 6.07) is 27.7. The molecule has 0 aliphatic carbocycles. The van der Waals surface area contributed by atoms with Gasteiger partial charge in [0.15, 0.2) is 0 Å². The maximum Gasteiger partial charge on any atom is 0.417 e. The number of anilines is 2. The molecule has 0 spiro atoms. The van der Waals surface area contributed by atoms with Crippen LogP contribution in [0.2, 0.25) is 20.1 Å². The normalized spacial score (nSPS) is 11.0. The maximum absolute atomic E-state index is 13.1. The van der Waals surface area contributed by atoms with Gasteiger partial charge in [-0.1, -0.05) is 94.4 Å². The first-order valence-electron chi connectivity index (χ1n) is 22.1. The molecule has 0 saturated heterocycles. The van der Waals surface area contributed by atoms with E-state index < -0.39 is 63.1 Å². The van der Waals surface area contributed by atoms with Crippen molar-refractivity contribution in [1.82, 2.24) is 10.9 Å². The lowest BCUT2D eigenvalue weighted by molar-refractivity contribution is -0.141. The molecule has 0 bridgehead atoms. The summed E-state index contributed by atoms with van der Waals surface area (Å²) < 4.78 is 83.1. The second kappa shape index (κ2) is 28.1. The van der Waals surface area contributed by atoms with Crippen molar-refractivity contribution in [1.29, 1.82) is 0 Å². The Morgan fingerprint density at radius 1 is 0.571 bits per heavy atom. The smallest absolute Gasteiger partial charge is 0.417 e. The van der Waals surface area contributed by atoms with Gasteiger partial charge in [0.1, 0.15) is 6.61 Å². The summed E-state index contributed by atoms with van der Waals surface area (Å²) >= 11 is 23.3. The van der Waals surface area contributed by atoms with Gasteiger partial charge in [-0.15, -0.1) is 0 Å². The summed E-state index contributed by atoms with van der Waals surface area (Å²) in [6.45, 7) is 1.38. The Morgan fingerprint density at radius 3 is 1.40 bits per heavy atom. The van der Waals surface area contributed by atoms with Crippen molar-refractivity contribution in [2.45, 2.75) is 32.1 Å². The standard InChI is InChI=1S/C28H20Cl2F3N3O4.C26H18Cl2F3N3O3/c1-17(37)40-12-3-2-5-18-6-4-7-20(13-18)26(38)35-25-11-9-21(29)15-22(25)27(39)36-34-16-19-8-10-24(30)23(14-19)28(31,32)33;27-19-8-10-23(33-24(36)18-6-3-5-16(12-18)4-1-2-11-35)20(14-19)25(37)34-32-15-17-7-9-22(28)21(13-17)26(29,30)31/h4,6-11,13-16H,3,12H2,1H3,(H,35,38)(H,36,39);3,5-10,12-15,35H,2,11H2,(H,33,36)(H,34,37)/b34-16+;32-15+. The molecule has 13 nitrogen and oxygen atoms in total. The fraction of sp³-hybridized carbons (Fsp3) is 0.130. The molecule has 0 unspecified atom stereocenters. The van der Waals surface area contributed by atoms with Gasteiger partial charge < -0.3 is 20.5 Å². The van der Waals surface area contributed by atoms with Gasteiger partial charge in [-0.05, 0) is 108 Å². The maximum atomic E-state index is 13.1. The van der Waals surface area contributed by atoms with E-state index >= 15 is 0 Å². The summed E-state index contributed by atoms with van der Waals surface area (Å²) in [6.07, 6.45) is -6.65. The van der Waals surface area contributed by atoms with E-state index in [4.69, 9.17) is 56.2 Å². The summed E-state index contributed by atoms with van der Waals surface area (Å²) in [5, 5.41) is 21.0. The summed E-state index contributed by atoms with van der Waals surface area (Å²) in [5.74, 6) is 8.33. The minimum absolute atomic E-state index is 0.0241. The Hall–Kier alpha value is -8.17. The predicted molar refractivity (Wildman–Crippen MR) is 281 cm³/mol. The Balaban J connectivity index is 0.000000285. The van der Waals surface area contributed by atoms with Crippen LogP contribution in [-0.2, 0) is 21.9 Å². The third kappa shape index (κ3) is 18.9. The minimum Gasteiger partial charge on any atom is -0.465 e. The number of carbonyl (C=O) groups excluding carboxylic acids is 5. The number of aliphatic hydroxyl groups is 1. The van der Waals surface area contributed by atoms with Crippen molar-refractivity contribution in [3.8, 4) is 23.7 Å². The Kier molecular flexibility index (Phi) is 21.8. The number of esters is 1. The fourth-order valence-electron chi connectivity index (χ4n) is 6.26. The van der Waals surface area contributed by atoms with Gasteiger partial charge in [0.2, 0.25) is 0 Å². The van der Waals surface area contributed by atoms with E-state index in [0.29, 0.717) is 24.0 Å². The first-order chi connectivity index (χ1) is 36.5. The van der Waals surface area contributed by atoms with Crippen LogP contribution in [0.1, 0.15) is 94.6 Å². The van der Waals surface area contributed by atoms with Crippen molar-refractivity contribution in [2.24, 2.45) is 10.2 Å². The van der Waals surface area contributed by atoms with Crippen molar-refractivity contribution in [3.63, 3.8) is 0 Å². The third-order valence-corrected chi connectivity index (χ3v) is 10.9. The van der Waals surface area contributed by atoms with Crippen LogP contribution in [0.5, 0.6) is 0 Å². The predicted octanol–water partition coefficient (Wildman–Crippen LogP) is 12.1. The van der Waals surface area contributed by atoms with Crippen LogP contribution in [0, 0.1) is 23.7 Å². The lowest BCUT2D eigenvalue weighted by Crippen LogP contribution is -2.21. The molecule has 0 radical (unpaired) electrons. The highest BCUT2D eigenvalue weighted by atomic mass is 35.5. The number of benzene rings is 6. The lowest BCUT2D eigenvalue weighted by Gasteiger charge is -2.11. The zero-order valence-electron chi connectivity index (χ0n) is 39.6. The molecular weight excluding hydrogens is 1100 g/mol. The number of hydrazone groups is 2. The molecule has 0 saturated carbocycles. The van der Waals surface area contributed by atoms with Gasteiger partial charge in [-0.2, -0.15) is 36.5 Å². The molecule has 396 valence electrons. The van der Waals surface area contributed by atoms with Crippen LogP contribution in [0.25, 0.3) is 0 Å². The van der Waals surface area contributed by atoms with Crippen LogP contribution in [0.15, 0.2) is 132 Å². The molecule has 0 aliphatic rings. The number of hydrogen-bond donors (Lipinski definition) is 5. The van der Waals surface area contributed by atoms with Crippen molar-refractivity contribution >= 4 is 99.8 Å².